The Labute approximate surface area is 187 Å². The molecule has 0 radical (unpaired) electrons. The van der Waals surface area contributed by atoms with Gasteiger partial charge in [0, 0.05) is 35.1 Å². The van der Waals surface area contributed by atoms with Crippen LogP contribution in [0.15, 0.2) is 18.2 Å². The highest BCUT2D eigenvalue weighted by Gasteiger charge is 2.48. The fraction of sp³-hybridized carbons (Fsp3) is 0.667. The molecule has 4 nitrogen and oxygen atoms in total. The zero-order valence-electron chi connectivity index (χ0n) is 19.7. The van der Waals surface area contributed by atoms with E-state index < -0.39 is 0 Å². The Morgan fingerprint density at radius 1 is 0.935 bits per heavy atom. The number of rotatable bonds is 2. The zero-order chi connectivity index (χ0) is 21.6. The number of fused-ring (bicyclic) bond motifs is 1. The molecule has 3 aliphatic rings. The molecule has 5 rings (SSSR count). The highest BCUT2D eigenvalue weighted by molar-refractivity contribution is 5.99. The average Bonchev–Trinajstić information content (AvgIpc) is 3.05. The Bertz CT molecular complexity index is 950. The third-order valence-corrected chi connectivity index (χ3v) is 8.51. The third kappa shape index (κ3) is 3.92. The molecule has 2 N–H and O–H groups in total. The molecule has 1 saturated heterocycles. The number of nitrogens with one attached hydrogen (secondary N) is 2. The smallest absolute Gasteiger partial charge is 0.268 e. The van der Waals surface area contributed by atoms with Crippen molar-refractivity contribution in [2.24, 2.45) is 7.05 Å². The van der Waals surface area contributed by atoms with Gasteiger partial charge in [-0.2, -0.15) is 0 Å². The van der Waals surface area contributed by atoms with Gasteiger partial charge in [-0.3, -0.25) is 4.79 Å². The summed E-state index contributed by atoms with van der Waals surface area (Å²) in [6.07, 6.45) is 15.3. The molecule has 1 aliphatic heterocycles. The first kappa shape index (κ1) is 21.1. The molecule has 2 spiro atoms. The van der Waals surface area contributed by atoms with Gasteiger partial charge >= 0.3 is 0 Å². The minimum Gasteiger partial charge on any atom is -0.348 e. The number of aryl methyl sites for hydroxylation is 3. The van der Waals surface area contributed by atoms with Crippen molar-refractivity contribution in [3.05, 3.63) is 35.0 Å². The van der Waals surface area contributed by atoms with Gasteiger partial charge in [-0.1, -0.05) is 44.6 Å². The van der Waals surface area contributed by atoms with Crippen LogP contribution in [-0.4, -0.2) is 27.6 Å². The lowest BCUT2D eigenvalue weighted by Gasteiger charge is -2.55. The van der Waals surface area contributed by atoms with Crippen LogP contribution in [0.2, 0.25) is 0 Å². The van der Waals surface area contributed by atoms with E-state index >= 15 is 0 Å². The summed E-state index contributed by atoms with van der Waals surface area (Å²) in [6, 6.07) is 6.76. The first-order chi connectivity index (χ1) is 14.9. The van der Waals surface area contributed by atoms with Gasteiger partial charge < -0.3 is 15.2 Å². The number of benzene rings is 1. The standard InChI is InChI=1S/C27H39N3O/c1-19-14-20(2)22-16-24(30(3)23(22)15-19)25(31)28-21-17-26(10-6-4-7-11-26)29-27(18-21)12-8-5-9-13-27/h14-16,21,29H,4-13,17-18H2,1-3H3,(H,28,31). The predicted molar refractivity (Wildman–Crippen MR) is 128 cm³/mol. The molecule has 1 aromatic heterocycles. The van der Waals surface area contributed by atoms with Crippen molar-refractivity contribution in [2.75, 3.05) is 0 Å². The van der Waals surface area contributed by atoms with E-state index in [-0.39, 0.29) is 23.0 Å². The Hall–Kier alpha value is -1.81. The lowest BCUT2D eigenvalue weighted by atomic mass is 9.66. The molecular formula is C27H39N3O. The van der Waals surface area contributed by atoms with Gasteiger partial charge in [0.1, 0.15) is 5.69 Å². The Balaban J connectivity index is 1.41. The van der Waals surface area contributed by atoms with Crippen LogP contribution in [0.3, 0.4) is 0 Å². The van der Waals surface area contributed by atoms with E-state index in [1.165, 1.54) is 80.7 Å². The van der Waals surface area contributed by atoms with E-state index in [1.807, 2.05) is 7.05 Å². The van der Waals surface area contributed by atoms with E-state index in [0.717, 1.165) is 24.1 Å². The topological polar surface area (TPSA) is 46.1 Å². The molecule has 0 unspecified atom stereocenters. The van der Waals surface area contributed by atoms with Gasteiger partial charge in [-0.05, 0) is 75.6 Å². The predicted octanol–water partition coefficient (Wildman–Crippen LogP) is 5.68. The molecule has 1 aromatic carbocycles. The maximum absolute atomic E-state index is 13.5. The number of carbonyl (C=O) groups excluding carboxylic acids is 1. The maximum atomic E-state index is 13.5. The fourth-order valence-corrected chi connectivity index (χ4v) is 7.16. The molecule has 1 amide bonds. The minimum atomic E-state index is 0.0968. The van der Waals surface area contributed by atoms with Crippen molar-refractivity contribution >= 4 is 16.8 Å². The molecule has 168 valence electrons. The van der Waals surface area contributed by atoms with Crippen LogP contribution < -0.4 is 10.6 Å². The van der Waals surface area contributed by atoms with E-state index in [9.17, 15) is 4.79 Å². The van der Waals surface area contributed by atoms with Crippen LogP contribution in [0.5, 0.6) is 0 Å². The Kier molecular flexibility index (Phi) is 5.40. The van der Waals surface area contributed by atoms with Gasteiger partial charge in [0.25, 0.3) is 5.91 Å². The highest BCUT2D eigenvalue weighted by Crippen LogP contribution is 2.44. The molecule has 0 bridgehead atoms. The van der Waals surface area contributed by atoms with Crippen LogP contribution in [0.25, 0.3) is 10.9 Å². The normalized spacial score (nSPS) is 25.2. The van der Waals surface area contributed by atoms with Crippen molar-refractivity contribution in [3.63, 3.8) is 0 Å². The molecule has 4 heteroatoms. The number of hydrogen-bond acceptors (Lipinski definition) is 2. The van der Waals surface area contributed by atoms with Gasteiger partial charge in [-0.25, -0.2) is 0 Å². The number of hydrogen-bond donors (Lipinski definition) is 2. The highest BCUT2D eigenvalue weighted by atomic mass is 16.2. The molecule has 0 atom stereocenters. The maximum Gasteiger partial charge on any atom is 0.268 e. The number of piperidine rings is 1. The van der Waals surface area contributed by atoms with Crippen LogP contribution >= 0.6 is 0 Å². The fourth-order valence-electron chi connectivity index (χ4n) is 7.16. The second kappa shape index (κ2) is 7.95. The van der Waals surface area contributed by atoms with Crippen LogP contribution in [-0.2, 0) is 7.05 Å². The number of aromatic nitrogens is 1. The SMILES string of the molecule is Cc1cc(C)c2cc(C(=O)NC3CC4(CCCCC4)NC4(CCCCC4)C3)n(C)c2c1. The van der Waals surface area contributed by atoms with Crippen molar-refractivity contribution in [1.82, 2.24) is 15.2 Å². The van der Waals surface area contributed by atoms with E-state index in [4.69, 9.17) is 0 Å². The Morgan fingerprint density at radius 3 is 2.10 bits per heavy atom. The van der Waals surface area contributed by atoms with Gasteiger partial charge in [0.05, 0.1) is 0 Å². The molecular weight excluding hydrogens is 382 g/mol. The van der Waals surface area contributed by atoms with Crippen molar-refractivity contribution in [2.45, 2.75) is 108 Å². The quantitative estimate of drug-likeness (QED) is 0.655. The summed E-state index contributed by atoms with van der Waals surface area (Å²) in [5.74, 6) is 0.0968. The van der Waals surface area contributed by atoms with E-state index in [1.54, 1.807) is 0 Å². The summed E-state index contributed by atoms with van der Waals surface area (Å²) in [4.78, 5) is 13.5. The van der Waals surface area contributed by atoms with Crippen LogP contribution in [0, 0.1) is 13.8 Å². The van der Waals surface area contributed by atoms with Crippen molar-refractivity contribution in [1.29, 1.82) is 0 Å². The lowest BCUT2D eigenvalue weighted by molar-refractivity contribution is 0.0440. The first-order valence-corrected chi connectivity index (χ1v) is 12.6. The second-order valence-corrected chi connectivity index (χ2v) is 11.0. The Morgan fingerprint density at radius 2 is 1.52 bits per heavy atom. The average molecular weight is 422 g/mol. The summed E-state index contributed by atoms with van der Waals surface area (Å²) < 4.78 is 2.08. The number of carbonyl (C=O) groups is 1. The summed E-state index contributed by atoms with van der Waals surface area (Å²) >= 11 is 0. The van der Waals surface area contributed by atoms with Gasteiger partial charge in [-0.15, -0.1) is 0 Å². The second-order valence-electron chi connectivity index (χ2n) is 11.0. The zero-order valence-corrected chi connectivity index (χ0v) is 19.7. The van der Waals surface area contributed by atoms with Crippen molar-refractivity contribution < 1.29 is 4.79 Å². The summed E-state index contributed by atoms with van der Waals surface area (Å²) in [7, 11) is 2.03. The molecule has 2 aliphatic carbocycles. The molecule has 3 fully saturated rings. The van der Waals surface area contributed by atoms with E-state index in [0.29, 0.717) is 0 Å². The first-order valence-electron chi connectivity index (χ1n) is 12.6. The largest absolute Gasteiger partial charge is 0.348 e. The summed E-state index contributed by atoms with van der Waals surface area (Å²) in [6.45, 7) is 4.27. The summed E-state index contributed by atoms with van der Waals surface area (Å²) in [5.41, 5.74) is 4.90. The monoisotopic (exact) mass is 421 g/mol. The van der Waals surface area contributed by atoms with Gasteiger partial charge in [0.15, 0.2) is 0 Å². The molecule has 2 saturated carbocycles. The summed E-state index contributed by atoms with van der Waals surface area (Å²) in [5, 5.41) is 8.92. The van der Waals surface area contributed by atoms with Crippen LogP contribution in [0.4, 0.5) is 0 Å². The number of amides is 1. The molecule has 2 heterocycles. The minimum absolute atomic E-state index is 0.0968. The van der Waals surface area contributed by atoms with E-state index in [2.05, 4.69) is 47.2 Å². The number of nitrogens with zero attached hydrogens (tertiary/aromatic N) is 1. The third-order valence-electron chi connectivity index (χ3n) is 8.51. The lowest BCUT2D eigenvalue weighted by Crippen LogP contribution is -2.67. The van der Waals surface area contributed by atoms with Crippen molar-refractivity contribution in [3.8, 4) is 0 Å². The molecule has 31 heavy (non-hydrogen) atoms. The van der Waals surface area contributed by atoms with Gasteiger partial charge in [0.2, 0.25) is 0 Å². The van der Waals surface area contributed by atoms with Crippen LogP contribution in [0.1, 0.15) is 98.7 Å². The molecule has 2 aromatic rings.